The van der Waals surface area contributed by atoms with Crippen LogP contribution in [-0.4, -0.2) is 67.3 Å². The lowest BCUT2D eigenvalue weighted by Crippen LogP contribution is -2.45. The second-order valence-corrected chi connectivity index (χ2v) is 5.54. The average Bonchev–Trinajstić information content (AvgIpc) is 3.03. The van der Waals surface area contributed by atoms with Crippen molar-refractivity contribution in [2.75, 3.05) is 39.3 Å². The number of hydrogen-bond acceptors (Lipinski definition) is 3. The third-order valence-corrected chi connectivity index (χ3v) is 4.32. The maximum absolute atomic E-state index is 12.4. The van der Waals surface area contributed by atoms with Crippen LogP contribution in [0.2, 0.25) is 0 Å². The highest BCUT2D eigenvalue weighted by Crippen LogP contribution is 2.21. The molecule has 0 aromatic carbocycles. The van der Waals surface area contributed by atoms with Gasteiger partial charge in [-0.1, -0.05) is 0 Å². The molecule has 0 saturated carbocycles. The highest BCUT2D eigenvalue weighted by atomic mass is 16.5. The molecule has 0 radical (unpaired) electrons. The minimum Gasteiger partial charge on any atom is -0.376 e. The van der Waals surface area contributed by atoms with Gasteiger partial charge in [0.2, 0.25) is 0 Å². The summed E-state index contributed by atoms with van der Waals surface area (Å²) >= 11 is 0. The molecule has 0 aromatic rings. The molecule has 18 heavy (non-hydrogen) atoms. The van der Waals surface area contributed by atoms with Crippen LogP contribution < -0.4 is 5.32 Å². The molecule has 1 N–H and O–H groups in total. The first kappa shape index (κ1) is 12.2. The summed E-state index contributed by atoms with van der Waals surface area (Å²) in [5.74, 6) is 0. The minimum absolute atomic E-state index is 0.234. The number of urea groups is 1. The fourth-order valence-corrected chi connectivity index (χ4v) is 3.26. The summed E-state index contributed by atoms with van der Waals surface area (Å²) in [7, 11) is 0. The van der Waals surface area contributed by atoms with E-state index in [4.69, 9.17) is 4.74 Å². The second kappa shape index (κ2) is 5.45. The van der Waals surface area contributed by atoms with Gasteiger partial charge in [-0.3, -0.25) is 0 Å². The van der Waals surface area contributed by atoms with Gasteiger partial charge in [-0.05, 0) is 38.8 Å². The number of nitrogens with one attached hydrogen (secondary N) is 1. The van der Waals surface area contributed by atoms with Crippen LogP contribution in [0.15, 0.2) is 0 Å². The summed E-state index contributed by atoms with van der Waals surface area (Å²) in [5, 5.41) is 3.35. The van der Waals surface area contributed by atoms with Gasteiger partial charge in [0.05, 0.1) is 6.10 Å². The number of ether oxygens (including phenoxy) is 1. The SMILES string of the molecule is O=C1N(C[C@@H]2CCCO2)CCN1C1CCNCC1. The van der Waals surface area contributed by atoms with Crippen LogP contribution in [0, 0.1) is 0 Å². The zero-order valence-corrected chi connectivity index (χ0v) is 10.9. The summed E-state index contributed by atoms with van der Waals surface area (Å²) in [6.07, 6.45) is 4.72. The Morgan fingerprint density at radius 3 is 2.78 bits per heavy atom. The van der Waals surface area contributed by atoms with Gasteiger partial charge in [0.1, 0.15) is 0 Å². The van der Waals surface area contributed by atoms with E-state index >= 15 is 0 Å². The van der Waals surface area contributed by atoms with Crippen molar-refractivity contribution in [2.24, 2.45) is 0 Å². The van der Waals surface area contributed by atoms with Gasteiger partial charge in [-0.15, -0.1) is 0 Å². The van der Waals surface area contributed by atoms with Crippen molar-refractivity contribution in [2.45, 2.75) is 37.8 Å². The first-order chi connectivity index (χ1) is 8.84. The Bertz CT molecular complexity index is 299. The zero-order valence-electron chi connectivity index (χ0n) is 10.9. The van der Waals surface area contributed by atoms with Crippen molar-refractivity contribution in [3.05, 3.63) is 0 Å². The molecule has 3 heterocycles. The van der Waals surface area contributed by atoms with E-state index in [0.29, 0.717) is 6.04 Å². The molecule has 5 nitrogen and oxygen atoms in total. The molecule has 3 aliphatic heterocycles. The monoisotopic (exact) mass is 253 g/mol. The molecule has 0 spiro atoms. The van der Waals surface area contributed by atoms with Gasteiger partial charge in [-0.25, -0.2) is 4.79 Å². The van der Waals surface area contributed by atoms with Crippen LogP contribution in [0.5, 0.6) is 0 Å². The predicted molar refractivity (Wildman–Crippen MR) is 68.5 cm³/mol. The smallest absolute Gasteiger partial charge is 0.320 e. The number of rotatable bonds is 3. The Morgan fingerprint density at radius 2 is 2.06 bits per heavy atom. The van der Waals surface area contributed by atoms with Crippen LogP contribution in [0.1, 0.15) is 25.7 Å². The van der Waals surface area contributed by atoms with Gasteiger partial charge < -0.3 is 19.9 Å². The Hall–Kier alpha value is -0.810. The molecular weight excluding hydrogens is 230 g/mol. The third-order valence-electron chi connectivity index (χ3n) is 4.32. The molecule has 0 unspecified atom stereocenters. The molecule has 3 saturated heterocycles. The molecule has 3 fully saturated rings. The molecule has 0 aromatic heterocycles. The molecule has 5 heteroatoms. The van der Waals surface area contributed by atoms with Gasteiger partial charge in [0.25, 0.3) is 0 Å². The maximum atomic E-state index is 12.4. The molecule has 0 bridgehead atoms. The standard InChI is InChI=1S/C13H23N3O2/c17-13-15(10-12-2-1-9-18-12)7-8-16(13)11-3-5-14-6-4-11/h11-12,14H,1-10H2/t12-/m0/s1. The van der Waals surface area contributed by atoms with E-state index in [9.17, 15) is 4.79 Å². The number of nitrogens with zero attached hydrogens (tertiary/aromatic N) is 2. The lowest BCUT2D eigenvalue weighted by atomic mass is 10.1. The summed E-state index contributed by atoms with van der Waals surface area (Å²) in [6.45, 7) is 5.52. The normalized spacial score (nSPS) is 30.4. The van der Waals surface area contributed by atoms with Crippen molar-refractivity contribution in [3.8, 4) is 0 Å². The molecule has 0 aliphatic carbocycles. The predicted octanol–water partition coefficient (Wildman–Crippen LogP) is 0.655. The van der Waals surface area contributed by atoms with Crippen molar-refractivity contribution < 1.29 is 9.53 Å². The molecule has 3 aliphatic rings. The Kier molecular flexibility index (Phi) is 3.70. The minimum atomic E-state index is 0.234. The van der Waals surface area contributed by atoms with Crippen LogP contribution >= 0.6 is 0 Å². The van der Waals surface area contributed by atoms with Crippen molar-refractivity contribution in [1.82, 2.24) is 15.1 Å². The quantitative estimate of drug-likeness (QED) is 0.803. The van der Waals surface area contributed by atoms with Gasteiger partial charge in [0, 0.05) is 32.3 Å². The first-order valence-corrected chi connectivity index (χ1v) is 7.22. The van der Waals surface area contributed by atoms with E-state index < -0.39 is 0 Å². The lowest BCUT2D eigenvalue weighted by Gasteiger charge is -2.31. The van der Waals surface area contributed by atoms with E-state index in [1.165, 1.54) is 0 Å². The number of piperidine rings is 1. The van der Waals surface area contributed by atoms with E-state index in [2.05, 4.69) is 10.2 Å². The largest absolute Gasteiger partial charge is 0.376 e. The van der Waals surface area contributed by atoms with Gasteiger partial charge in [0.15, 0.2) is 0 Å². The second-order valence-electron chi connectivity index (χ2n) is 5.54. The Labute approximate surface area is 108 Å². The molecule has 1 atom stereocenters. The highest BCUT2D eigenvalue weighted by Gasteiger charge is 2.35. The fourth-order valence-electron chi connectivity index (χ4n) is 3.26. The number of carbonyl (C=O) groups is 1. The third kappa shape index (κ3) is 2.47. The van der Waals surface area contributed by atoms with Crippen molar-refractivity contribution in [3.63, 3.8) is 0 Å². The molecular formula is C13H23N3O2. The fraction of sp³-hybridized carbons (Fsp3) is 0.923. The Morgan fingerprint density at radius 1 is 1.22 bits per heavy atom. The van der Waals surface area contributed by atoms with Crippen LogP contribution in [-0.2, 0) is 4.74 Å². The van der Waals surface area contributed by atoms with Crippen LogP contribution in [0.4, 0.5) is 4.79 Å². The van der Waals surface area contributed by atoms with Crippen molar-refractivity contribution in [1.29, 1.82) is 0 Å². The molecule has 2 amide bonds. The number of hydrogen-bond donors (Lipinski definition) is 1. The van der Waals surface area contributed by atoms with Crippen LogP contribution in [0.25, 0.3) is 0 Å². The summed E-state index contributed by atoms with van der Waals surface area (Å²) in [4.78, 5) is 16.4. The average molecular weight is 253 g/mol. The van der Waals surface area contributed by atoms with Gasteiger partial charge in [-0.2, -0.15) is 0 Å². The molecule has 102 valence electrons. The van der Waals surface area contributed by atoms with E-state index in [1.807, 2.05) is 4.90 Å². The number of amides is 2. The van der Waals surface area contributed by atoms with E-state index in [-0.39, 0.29) is 12.1 Å². The van der Waals surface area contributed by atoms with E-state index in [0.717, 1.165) is 65.0 Å². The van der Waals surface area contributed by atoms with Gasteiger partial charge >= 0.3 is 6.03 Å². The lowest BCUT2D eigenvalue weighted by molar-refractivity contribution is 0.0844. The maximum Gasteiger partial charge on any atom is 0.320 e. The van der Waals surface area contributed by atoms with E-state index in [1.54, 1.807) is 0 Å². The van der Waals surface area contributed by atoms with Crippen LogP contribution in [0.3, 0.4) is 0 Å². The summed E-state index contributed by atoms with van der Waals surface area (Å²) in [5.41, 5.74) is 0. The number of carbonyl (C=O) groups excluding carboxylic acids is 1. The molecule has 3 rings (SSSR count). The topological polar surface area (TPSA) is 44.8 Å². The van der Waals surface area contributed by atoms with Crippen molar-refractivity contribution >= 4 is 6.03 Å². The summed E-state index contributed by atoms with van der Waals surface area (Å²) in [6, 6.07) is 0.686. The summed E-state index contributed by atoms with van der Waals surface area (Å²) < 4.78 is 5.62. The Balaban J connectivity index is 1.54. The highest BCUT2D eigenvalue weighted by molar-refractivity contribution is 5.77. The first-order valence-electron chi connectivity index (χ1n) is 7.22. The zero-order chi connectivity index (χ0) is 12.4.